The predicted molar refractivity (Wildman–Crippen MR) is 95.2 cm³/mol. The zero-order valence-corrected chi connectivity index (χ0v) is 15.2. The van der Waals surface area contributed by atoms with Gasteiger partial charge in [-0.15, -0.1) is 22.7 Å². The lowest BCUT2D eigenvalue weighted by atomic mass is 9.88. The van der Waals surface area contributed by atoms with Gasteiger partial charge in [0.1, 0.15) is 11.1 Å². The molecule has 0 spiro atoms. The fraction of sp³-hybridized carbons (Fsp3) is 0.333. The molecule has 6 heteroatoms. The Balaban J connectivity index is 1.89. The summed E-state index contributed by atoms with van der Waals surface area (Å²) < 4.78 is 1.08. The molecule has 2 aromatic heterocycles. The smallest absolute Gasteiger partial charge is 0.257 e. The highest BCUT2D eigenvalue weighted by Gasteiger charge is 2.24. The summed E-state index contributed by atoms with van der Waals surface area (Å²) in [6.45, 7) is 2.24. The fourth-order valence-electron chi connectivity index (χ4n) is 2.56. The van der Waals surface area contributed by atoms with Crippen molar-refractivity contribution in [2.75, 3.05) is 5.32 Å². The van der Waals surface area contributed by atoms with Crippen molar-refractivity contribution < 1.29 is 4.79 Å². The maximum atomic E-state index is 12.3. The number of nitrogens with zero attached hydrogens (tertiary/aromatic N) is 1. The van der Waals surface area contributed by atoms with Crippen LogP contribution in [0.3, 0.4) is 0 Å². The van der Waals surface area contributed by atoms with Crippen molar-refractivity contribution >= 4 is 56.2 Å². The average molecular weight is 428 g/mol. The van der Waals surface area contributed by atoms with Crippen molar-refractivity contribution in [3.63, 3.8) is 0 Å². The van der Waals surface area contributed by atoms with Crippen molar-refractivity contribution in [3.8, 4) is 6.07 Å². The lowest BCUT2D eigenvalue weighted by Crippen LogP contribution is -2.11. The number of hydrogen-bond acceptors (Lipinski definition) is 4. The zero-order valence-electron chi connectivity index (χ0n) is 11.4. The second kappa shape index (κ2) is 6.07. The highest BCUT2D eigenvalue weighted by atomic mass is 127. The molecule has 1 aliphatic carbocycles. The van der Waals surface area contributed by atoms with Crippen LogP contribution >= 0.6 is 45.3 Å². The van der Waals surface area contributed by atoms with E-state index in [9.17, 15) is 10.1 Å². The Morgan fingerprint density at radius 3 is 3.05 bits per heavy atom. The Morgan fingerprint density at radius 1 is 1.57 bits per heavy atom. The molecular formula is C15H13IN2OS2. The van der Waals surface area contributed by atoms with Gasteiger partial charge < -0.3 is 5.32 Å². The zero-order chi connectivity index (χ0) is 15.0. The van der Waals surface area contributed by atoms with Crippen LogP contribution in [-0.2, 0) is 12.8 Å². The van der Waals surface area contributed by atoms with Crippen molar-refractivity contribution in [2.24, 2.45) is 5.92 Å². The maximum Gasteiger partial charge on any atom is 0.257 e. The highest BCUT2D eigenvalue weighted by Crippen LogP contribution is 2.39. The van der Waals surface area contributed by atoms with Gasteiger partial charge in [-0.3, -0.25) is 4.79 Å². The number of thiophene rings is 2. The number of rotatable bonds is 2. The molecule has 1 atom stereocenters. The SMILES string of the molecule is CC1CCc2c(sc(NC(=O)c3csc(I)c3)c2C#N)C1. The van der Waals surface area contributed by atoms with Gasteiger partial charge in [0.15, 0.2) is 0 Å². The summed E-state index contributed by atoms with van der Waals surface area (Å²) in [7, 11) is 0. The molecule has 2 heterocycles. The standard InChI is InChI=1S/C15H13IN2OS2/c1-8-2-3-10-11(6-17)15(21-12(10)4-8)18-14(19)9-5-13(16)20-7-9/h5,7-8H,2-4H2,1H3,(H,18,19). The van der Waals surface area contributed by atoms with E-state index < -0.39 is 0 Å². The number of halogens is 1. The molecule has 0 bridgehead atoms. The Labute approximate surface area is 145 Å². The first-order valence-electron chi connectivity index (χ1n) is 6.68. The molecule has 0 saturated carbocycles. The van der Waals surface area contributed by atoms with E-state index >= 15 is 0 Å². The van der Waals surface area contributed by atoms with Crippen molar-refractivity contribution in [1.82, 2.24) is 0 Å². The lowest BCUT2D eigenvalue weighted by molar-refractivity contribution is 0.102. The Morgan fingerprint density at radius 2 is 2.38 bits per heavy atom. The van der Waals surface area contributed by atoms with Gasteiger partial charge in [-0.25, -0.2) is 0 Å². The minimum Gasteiger partial charge on any atom is -0.312 e. The minimum absolute atomic E-state index is 0.127. The summed E-state index contributed by atoms with van der Waals surface area (Å²) in [6.07, 6.45) is 3.08. The first-order chi connectivity index (χ1) is 10.1. The third-order valence-corrected chi connectivity index (χ3v) is 6.64. The van der Waals surface area contributed by atoms with Crippen LogP contribution in [0.4, 0.5) is 5.00 Å². The van der Waals surface area contributed by atoms with Crippen LogP contribution in [0.2, 0.25) is 0 Å². The van der Waals surface area contributed by atoms with Crippen LogP contribution in [0.15, 0.2) is 11.4 Å². The second-order valence-electron chi connectivity index (χ2n) is 5.26. The Bertz CT molecular complexity index is 741. The number of hydrogen-bond donors (Lipinski definition) is 1. The maximum absolute atomic E-state index is 12.3. The van der Waals surface area contributed by atoms with Gasteiger partial charge >= 0.3 is 0 Å². The van der Waals surface area contributed by atoms with E-state index in [1.807, 2.05) is 11.4 Å². The van der Waals surface area contributed by atoms with E-state index in [-0.39, 0.29) is 5.91 Å². The average Bonchev–Trinajstić information content (AvgIpc) is 3.01. The van der Waals surface area contributed by atoms with Crippen molar-refractivity contribution in [1.29, 1.82) is 5.26 Å². The van der Waals surface area contributed by atoms with Crippen LogP contribution in [0.5, 0.6) is 0 Å². The fourth-order valence-corrected chi connectivity index (χ4v) is 5.24. The largest absolute Gasteiger partial charge is 0.312 e. The molecule has 0 radical (unpaired) electrons. The van der Waals surface area contributed by atoms with Gasteiger partial charge in [-0.1, -0.05) is 6.92 Å². The van der Waals surface area contributed by atoms with Gasteiger partial charge in [0.05, 0.1) is 14.0 Å². The van der Waals surface area contributed by atoms with E-state index in [1.165, 1.54) is 4.88 Å². The predicted octanol–water partition coefficient (Wildman–Crippen LogP) is 4.66. The van der Waals surface area contributed by atoms with Gasteiger partial charge in [-0.2, -0.15) is 5.26 Å². The highest BCUT2D eigenvalue weighted by molar-refractivity contribution is 14.1. The quantitative estimate of drug-likeness (QED) is 0.708. The van der Waals surface area contributed by atoms with Crippen LogP contribution in [0.1, 0.15) is 39.7 Å². The first-order valence-corrected chi connectivity index (χ1v) is 9.46. The van der Waals surface area contributed by atoms with Crippen LogP contribution in [-0.4, -0.2) is 5.91 Å². The van der Waals surface area contributed by atoms with Crippen LogP contribution < -0.4 is 5.32 Å². The topological polar surface area (TPSA) is 52.9 Å². The summed E-state index contributed by atoms with van der Waals surface area (Å²) in [5.74, 6) is 0.530. The summed E-state index contributed by atoms with van der Waals surface area (Å²) in [5, 5.41) is 14.9. The summed E-state index contributed by atoms with van der Waals surface area (Å²) >= 11 is 5.31. The number of nitrogens with one attached hydrogen (secondary N) is 1. The number of carbonyl (C=O) groups excluding carboxylic acids is 1. The number of amides is 1. The number of anilines is 1. The summed E-state index contributed by atoms with van der Waals surface area (Å²) in [6, 6.07) is 4.14. The molecule has 0 saturated heterocycles. The molecule has 1 N–H and O–H groups in total. The Hall–Kier alpha value is -0.910. The van der Waals surface area contributed by atoms with E-state index in [0.717, 1.165) is 27.7 Å². The molecule has 1 unspecified atom stereocenters. The number of carbonyl (C=O) groups is 1. The minimum atomic E-state index is -0.127. The lowest BCUT2D eigenvalue weighted by Gasteiger charge is -2.17. The molecule has 3 rings (SSSR count). The third kappa shape index (κ3) is 3.00. The molecule has 0 aromatic carbocycles. The van der Waals surface area contributed by atoms with Crippen LogP contribution in [0.25, 0.3) is 0 Å². The Kier molecular flexibility index (Phi) is 4.33. The molecule has 0 fully saturated rings. The molecule has 0 aliphatic heterocycles. The van der Waals surface area contributed by atoms with Gasteiger partial charge in [0.2, 0.25) is 0 Å². The van der Waals surface area contributed by atoms with Gasteiger partial charge in [0.25, 0.3) is 5.91 Å². The number of nitriles is 1. The first kappa shape index (κ1) is 15.0. The monoisotopic (exact) mass is 428 g/mol. The third-order valence-electron chi connectivity index (χ3n) is 3.68. The molecular weight excluding hydrogens is 415 g/mol. The molecule has 108 valence electrons. The number of fused-ring (bicyclic) bond motifs is 1. The van der Waals surface area contributed by atoms with E-state index in [4.69, 9.17) is 0 Å². The normalized spacial score (nSPS) is 17.1. The van der Waals surface area contributed by atoms with Gasteiger partial charge in [0, 0.05) is 10.3 Å². The van der Waals surface area contributed by atoms with Gasteiger partial charge in [-0.05, 0) is 59.4 Å². The van der Waals surface area contributed by atoms with Crippen LogP contribution in [0, 0.1) is 20.1 Å². The van der Waals surface area contributed by atoms with E-state index in [0.29, 0.717) is 22.0 Å². The molecule has 21 heavy (non-hydrogen) atoms. The summed E-state index contributed by atoms with van der Waals surface area (Å²) in [5.41, 5.74) is 2.48. The second-order valence-corrected chi connectivity index (χ2v) is 9.17. The van der Waals surface area contributed by atoms with Crippen molar-refractivity contribution in [3.05, 3.63) is 35.9 Å². The van der Waals surface area contributed by atoms with E-state index in [1.54, 1.807) is 22.7 Å². The molecule has 3 nitrogen and oxygen atoms in total. The molecule has 1 aliphatic rings. The van der Waals surface area contributed by atoms with E-state index in [2.05, 4.69) is 40.9 Å². The summed E-state index contributed by atoms with van der Waals surface area (Å²) in [4.78, 5) is 13.5. The van der Waals surface area contributed by atoms with Crippen molar-refractivity contribution in [2.45, 2.75) is 26.2 Å². The molecule has 2 aromatic rings. The molecule has 1 amide bonds.